The molecule has 0 amide bonds. The van der Waals surface area contributed by atoms with Crippen molar-refractivity contribution >= 4 is 34.5 Å². The molecular weight excluding hydrogens is 300 g/mol. The Morgan fingerprint density at radius 2 is 2.17 bits per heavy atom. The average molecular weight is 322 g/mol. The highest BCUT2D eigenvalue weighted by Crippen LogP contribution is 2.46. The van der Waals surface area contributed by atoms with Crippen LogP contribution in [0.15, 0.2) is 36.2 Å². The molecule has 3 heteroatoms. The van der Waals surface area contributed by atoms with Crippen LogP contribution in [0, 0.1) is 11.8 Å². The van der Waals surface area contributed by atoms with E-state index in [1.54, 1.807) is 11.3 Å². The number of allylic oxidation sites excluding steroid dienone is 1. The average Bonchev–Trinajstić information content (AvgIpc) is 2.98. The number of benzene rings is 1. The summed E-state index contributed by atoms with van der Waals surface area (Å²) in [7, 11) is 0. The number of rotatable bonds is 3. The second-order valence-electron chi connectivity index (χ2n) is 6.84. The predicted molar refractivity (Wildman–Crippen MR) is 102 cm³/mol. The fraction of sp³-hybridized carbons (Fsp3) is 0.300. The van der Waals surface area contributed by atoms with Crippen molar-refractivity contribution in [1.82, 2.24) is 0 Å². The van der Waals surface area contributed by atoms with Crippen LogP contribution in [0.5, 0.6) is 0 Å². The Kier molecular flexibility index (Phi) is 3.53. The molecule has 23 heavy (non-hydrogen) atoms. The van der Waals surface area contributed by atoms with Crippen molar-refractivity contribution in [3.8, 4) is 11.1 Å². The number of nitrogens with one attached hydrogen (secondary N) is 1. The Hall–Kier alpha value is -2.00. The Balaban J connectivity index is 1.70. The summed E-state index contributed by atoms with van der Waals surface area (Å²) in [4.78, 5) is 1.21. The molecular formula is C20H22N2S. The summed E-state index contributed by atoms with van der Waals surface area (Å²) in [6.45, 7) is 6.48. The van der Waals surface area contributed by atoms with Gasteiger partial charge in [0.2, 0.25) is 0 Å². The summed E-state index contributed by atoms with van der Waals surface area (Å²) in [5.41, 5.74) is 12.8. The minimum absolute atomic E-state index is 0.841. The van der Waals surface area contributed by atoms with E-state index in [4.69, 9.17) is 5.73 Å². The number of hydrogen-bond acceptors (Lipinski definition) is 3. The van der Waals surface area contributed by atoms with Crippen LogP contribution in [0.2, 0.25) is 0 Å². The summed E-state index contributed by atoms with van der Waals surface area (Å²) in [6, 6.07) is 6.22. The van der Waals surface area contributed by atoms with Gasteiger partial charge in [-0.2, -0.15) is 0 Å². The third-order valence-corrected chi connectivity index (χ3v) is 5.97. The number of nitrogens with two attached hydrogens (primary N) is 1. The molecule has 2 heterocycles. The maximum absolute atomic E-state index is 6.29. The van der Waals surface area contributed by atoms with Gasteiger partial charge < -0.3 is 11.1 Å². The number of thiophene rings is 1. The van der Waals surface area contributed by atoms with E-state index in [9.17, 15) is 0 Å². The van der Waals surface area contributed by atoms with Crippen LogP contribution in [-0.4, -0.2) is 0 Å². The standard InChI is InChI=1S/C20H22N2S/c1-12-10-14(11-12)4-3-5-15-17(21)6-7-18-19(15)16-8-9-23-20(16)13(2)22-18/h3,5-9,12,14,22H,2,4,10-11,21H2,1H3/b5-3+. The van der Waals surface area contributed by atoms with Gasteiger partial charge in [0.05, 0.1) is 4.88 Å². The molecule has 4 rings (SSSR count). The van der Waals surface area contributed by atoms with Crippen molar-refractivity contribution in [1.29, 1.82) is 0 Å². The van der Waals surface area contributed by atoms with E-state index in [0.29, 0.717) is 0 Å². The van der Waals surface area contributed by atoms with Crippen molar-refractivity contribution in [3.63, 3.8) is 0 Å². The van der Waals surface area contributed by atoms with E-state index >= 15 is 0 Å². The normalized spacial score (nSPS) is 22.4. The van der Waals surface area contributed by atoms with Gasteiger partial charge in [-0.3, -0.25) is 0 Å². The summed E-state index contributed by atoms with van der Waals surface area (Å²) in [5.74, 6) is 1.77. The molecule has 1 saturated carbocycles. The fourth-order valence-corrected chi connectivity index (χ4v) is 4.64. The van der Waals surface area contributed by atoms with Crippen LogP contribution in [0.25, 0.3) is 22.9 Å². The van der Waals surface area contributed by atoms with Crippen LogP contribution in [0.4, 0.5) is 11.4 Å². The molecule has 1 fully saturated rings. The number of nitrogen functional groups attached to an aromatic ring is 1. The molecule has 1 aliphatic carbocycles. The maximum atomic E-state index is 6.29. The second kappa shape index (κ2) is 5.57. The van der Waals surface area contributed by atoms with Crippen LogP contribution < -0.4 is 11.1 Å². The van der Waals surface area contributed by atoms with E-state index < -0.39 is 0 Å². The first-order chi connectivity index (χ1) is 11.1. The second-order valence-corrected chi connectivity index (χ2v) is 7.75. The molecule has 0 saturated heterocycles. The molecule has 1 aromatic carbocycles. The van der Waals surface area contributed by atoms with Crippen molar-refractivity contribution < 1.29 is 0 Å². The van der Waals surface area contributed by atoms with Crippen molar-refractivity contribution in [2.75, 3.05) is 11.1 Å². The number of hydrogen-bond donors (Lipinski definition) is 2. The summed E-state index contributed by atoms with van der Waals surface area (Å²) < 4.78 is 0. The number of fused-ring (bicyclic) bond motifs is 3. The summed E-state index contributed by atoms with van der Waals surface area (Å²) in [5, 5.41) is 5.55. The lowest BCUT2D eigenvalue weighted by Gasteiger charge is -2.31. The highest BCUT2D eigenvalue weighted by molar-refractivity contribution is 7.11. The third-order valence-electron chi connectivity index (χ3n) is 5.00. The monoisotopic (exact) mass is 322 g/mol. The van der Waals surface area contributed by atoms with Crippen molar-refractivity contribution in [3.05, 3.63) is 46.7 Å². The van der Waals surface area contributed by atoms with Gasteiger partial charge in [-0.25, -0.2) is 0 Å². The van der Waals surface area contributed by atoms with Gasteiger partial charge in [0, 0.05) is 33.8 Å². The van der Waals surface area contributed by atoms with Crippen LogP contribution >= 0.6 is 11.3 Å². The lowest BCUT2D eigenvalue weighted by molar-refractivity contribution is 0.215. The van der Waals surface area contributed by atoms with Gasteiger partial charge >= 0.3 is 0 Å². The van der Waals surface area contributed by atoms with Crippen LogP contribution in [0.1, 0.15) is 36.6 Å². The van der Waals surface area contributed by atoms with E-state index in [0.717, 1.165) is 40.9 Å². The Labute approximate surface area is 141 Å². The molecule has 0 radical (unpaired) electrons. The first kappa shape index (κ1) is 14.6. The van der Waals surface area contributed by atoms with E-state index in [-0.39, 0.29) is 0 Å². The summed E-state index contributed by atoms with van der Waals surface area (Å²) >= 11 is 1.73. The molecule has 2 nitrogen and oxygen atoms in total. The molecule has 0 atom stereocenters. The van der Waals surface area contributed by atoms with E-state index in [2.05, 4.69) is 48.5 Å². The smallest absolute Gasteiger partial charge is 0.0578 e. The molecule has 0 spiro atoms. The molecule has 2 aliphatic rings. The van der Waals surface area contributed by atoms with Crippen LogP contribution in [-0.2, 0) is 0 Å². The molecule has 1 aliphatic heterocycles. The van der Waals surface area contributed by atoms with Gasteiger partial charge in [-0.15, -0.1) is 11.3 Å². The predicted octanol–water partition coefficient (Wildman–Crippen LogP) is 5.84. The highest BCUT2D eigenvalue weighted by atomic mass is 32.1. The first-order valence-electron chi connectivity index (χ1n) is 8.26. The minimum atomic E-state index is 0.841. The van der Waals surface area contributed by atoms with Gasteiger partial charge in [0.1, 0.15) is 0 Å². The van der Waals surface area contributed by atoms with Crippen LogP contribution in [0.3, 0.4) is 0 Å². The summed E-state index contributed by atoms with van der Waals surface area (Å²) in [6.07, 6.45) is 8.40. The molecule has 1 aromatic heterocycles. The Morgan fingerprint density at radius 1 is 1.35 bits per heavy atom. The molecule has 3 N–H and O–H groups in total. The first-order valence-corrected chi connectivity index (χ1v) is 9.14. The minimum Gasteiger partial charge on any atom is -0.398 e. The largest absolute Gasteiger partial charge is 0.398 e. The zero-order chi connectivity index (χ0) is 16.0. The Bertz CT molecular complexity index is 794. The van der Waals surface area contributed by atoms with Crippen molar-refractivity contribution in [2.24, 2.45) is 11.8 Å². The fourth-order valence-electron chi connectivity index (χ4n) is 3.81. The third kappa shape index (κ3) is 2.49. The highest BCUT2D eigenvalue weighted by Gasteiger charge is 2.25. The van der Waals surface area contributed by atoms with E-state index in [1.165, 1.54) is 28.8 Å². The quantitative estimate of drug-likeness (QED) is 0.696. The zero-order valence-electron chi connectivity index (χ0n) is 13.4. The van der Waals surface area contributed by atoms with Gasteiger partial charge in [0.25, 0.3) is 0 Å². The maximum Gasteiger partial charge on any atom is 0.0578 e. The molecule has 118 valence electrons. The topological polar surface area (TPSA) is 38.0 Å². The lowest BCUT2D eigenvalue weighted by atomic mass is 9.74. The molecule has 0 unspecified atom stereocenters. The van der Waals surface area contributed by atoms with E-state index in [1.807, 2.05) is 6.07 Å². The lowest BCUT2D eigenvalue weighted by Crippen LogP contribution is -2.19. The molecule has 0 bridgehead atoms. The van der Waals surface area contributed by atoms with Crippen molar-refractivity contribution in [2.45, 2.75) is 26.2 Å². The van der Waals surface area contributed by atoms with Gasteiger partial charge in [-0.05, 0) is 54.7 Å². The number of anilines is 2. The zero-order valence-corrected chi connectivity index (χ0v) is 14.2. The van der Waals surface area contributed by atoms with Gasteiger partial charge in [-0.1, -0.05) is 25.7 Å². The van der Waals surface area contributed by atoms with Gasteiger partial charge in [0.15, 0.2) is 0 Å². The Morgan fingerprint density at radius 3 is 2.96 bits per heavy atom. The molecule has 2 aromatic rings. The SMILES string of the molecule is C=C1Nc2ccc(N)c(/C=C/CC3CC(C)C3)c2-c2ccsc21.